The number of aromatic nitrogens is 4. The number of carbonyl (C=O) groups excluding carboxylic acids is 1. The number of ether oxygens (including phenoxy) is 1. The van der Waals surface area contributed by atoms with Crippen LogP contribution >= 0.6 is 23.2 Å². The minimum Gasteiger partial charge on any atom is -0.491 e. The lowest BCUT2D eigenvalue weighted by Gasteiger charge is -2.15. The van der Waals surface area contributed by atoms with Crippen LogP contribution in [0.1, 0.15) is 33.5 Å². The van der Waals surface area contributed by atoms with Crippen molar-refractivity contribution in [3.05, 3.63) is 28.0 Å². The predicted molar refractivity (Wildman–Crippen MR) is 96.3 cm³/mol. The van der Waals surface area contributed by atoms with E-state index in [1.807, 2.05) is 27.7 Å². The van der Waals surface area contributed by atoms with Gasteiger partial charge >= 0.3 is 6.03 Å². The van der Waals surface area contributed by atoms with Crippen molar-refractivity contribution in [2.45, 2.75) is 39.8 Å². The van der Waals surface area contributed by atoms with Crippen LogP contribution in [0.3, 0.4) is 0 Å². The first-order valence-corrected chi connectivity index (χ1v) is 8.42. The van der Waals surface area contributed by atoms with E-state index in [1.54, 1.807) is 12.1 Å². The summed E-state index contributed by atoms with van der Waals surface area (Å²) in [6.45, 7) is 8.28. The number of carbonyl (C=O) groups is 1. The Bertz CT molecular complexity index is 734. The van der Waals surface area contributed by atoms with Crippen molar-refractivity contribution in [1.29, 1.82) is 0 Å². The van der Waals surface area contributed by atoms with Crippen LogP contribution in [-0.2, 0) is 12.1 Å². The van der Waals surface area contributed by atoms with Crippen molar-refractivity contribution >= 4 is 34.9 Å². The first-order valence-electron chi connectivity index (χ1n) is 7.66. The maximum atomic E-state index is 12.0. The van der Waals surface area contributed by atoms with Gasteiger partial charge in [-0.1, -0.05) is 23.2 Å². The molecule has 10 heteroatoms. The molecular weight excluding hydrogens is 367 g/mol. The van der Waals surface area contributed by atoms with Crippen LogP contribution in [-0.4, -0.2) is 32.8 Å². The van der Waals surface area contributed by atoms with Crippen LogP contribution in [0.4, 0.5) is 10.5 Å². The number of hydrogen-bond donors (Lipinski definition) is 2. The summed E-state index contributed by atoms with van der Waals surface area (Å²) in [4.78, 5) is 13.5. The molecule has 0 aliphatic heterocycles. The first kappa shape index (κ1) is 19.3. The van der Waals surface area contributed by atoms with Crippen molar-refractivity contribution in [3.63, 3.8) is 0 Å². The summed E-state index contributed by atoms with van der Waals surface area (Å²) in [6, 6.07) is 2.68. The molecule has 25 heavy (non-hydrogen) atoms. The molecule has 0 atom stereocenters. The van der Waals surface area contributed by atoms with E-state index in [1.165, 1.54) is 4.80 Å². The van der Waals surface area contributed by atoms with Crippen LogP contribution in [0.25, 0.3) is 0 Å². The summed E-state index contributed by atoms with van der Waals surface area (Å²) in [6.07, 6.45) is 0. The van der Waals surface area contributed by atoms with E-state index in [9.17, 15) is 4.79 Å². The number of nitrogens with one attached hydrogen (secondary N) is 2. The van der Waals surface area contributed by atoms with Crippen LogP contribution < -0.4 is 15.4 Å². The lowest BCUT2D eigenvalue weighted by molar-refractivity contribution is 0.251. The second-order valence-corrected chi connectivity index (χ2v) is 6.99. The number of halogens is 2. The SMILES string of the molecule is CCOc1c(Cl)cc(NC(=O)NCc2nnn(C(C)(C)C)n2)cc1Cl. The second-order valence-electron chi connectivity index (χ2n) is 6.18. The van der Waals surface area contributed by atoms with Gasteiger partial charge in [-0.3, -0.25) is 0 Å². The molecule has 0 radical (unpaired) electrons. The van der Waals surface area contributed by atoms with Gasteiger partial charge in [0.1, 0.15) is 0 Å². The van der Waals surface area contributed by atoms with E-state index in [4.69, 9.17) is 27.9 Å². The highest BCUT2D eigenvalue weighted by atomic mass is 35.5. The zero-order chi connectivity index (χ0) is 18.6. The molecule has 0 spiro atoms. The van der Waals surface area contributed by atoms with Gasteiger partial charge in [0.2, 0.25) is 0 Å². The minimum atomic E-state index is -0.441. The van der Waals surface area contributed by atoms with Crippen LogP contribution in [0.2, 0.25) is 10.0 Å². The van der Waals surface area contributed by atoms with E-state index < -0.39 is 6.03 Å². The van der Waals surface area contributed by atoms with Gasteiger partial charge in [0, 0.05) is 5.69 Å². The summed E-state index contributed by atoms with van der Waals surface area (Å²) < 4.78 is 5.34. The zero-order valence-corrected chi connectivity index (χ0v) is 15.9. The summed E-state index contributed by atoms with van der Waals surface area (Å²) in [5.74, 6) is 0.799. The third-order valence-corrected chi connectivity index (χ3v) is 3.57. The number of urea groups is 1. The molecule has 2 aromatic rings. The van der Waals surface area contributed by atoms with Crippen molar-refractivity contribution < 1.29 is 9.53 Å². The number of hydrogen-bond acceptors (Lipinski definition) is 5. The number of anilines is 1. The summed E-state index contributed by atoms with van der Waals surface area (Å²) in [5.41, 5.74) is 0.172. The Kier molecular flexibility index (Phi) is 6.07. The smallest absolute Gasteiger partial charge is 0.319 e. The second kappa shape index (κ2) is 7.88. The third kappa shape index (κ3) is 5.20. The standard InChI is InChI=1S/C15H20Cl2N6O2/c1-5-25-13-10(16)6-9(7-11(13)17)19-14(24)18-8-12-20-22-23(21-12)15(2,3)4/h6-7H,5,8H2,1-4H3,(H2,18,19,24). The number of tetrazole rings is 1. The number of amides is 2. The number of rotatable bonds is 5. The molecule has 136 valence electrons. The highest BCUT2D eigenvalue weighted by molar-refractivity contribution is 6.37. The lowest BCUT2D eigenvalue weighted by atomic mass is 10.1. The highest BCUT2D eigenvalue weighted by Crippen LogP contribution is 2.35. The fourth-order valence-corrected chi connectivity index (χ4v) is 2.44. The van der Waals surface area contributed by atoms with E-state index in [-0.39, 0.29) is 12.1 Å². The van der Waals surface area contributed by atoms with Crippen molar-refractivity contribution in [2.75, 3.05) is 11.9 Å². The quantitative estimate of drug-likeness (QED) is 0.820. The molecule has 0 aliphatic rings. The predicted octanol–water partition coefficient (Wildman–Crippen LogP) is 3.46. The molecule has 0 fully saturated rings. The molecule has 0 saturated heterocycles. The Labute approximate surface area is 155 Å². The van der Waals surface area contributed by atoms with Gasteiger partial charge in [0.15, 0.2) is 11.6 Å². The Morgan fingerprint density at radius 1 is 1.28 bits per heavy atom. The Morgan fingerprint density at radius 3 is 2.44 bits per heavy atom. The van der Waals surface area contributed by atoms with E-state index in [2.05, 4.69) is 26.0 Å². The maximum Gasteiger partial charge on any atom is 0.319 e. The molecule has 2 N–H and O–H groups in total. The van der Waals surface area contributed by atoms with Crippen LogP contribution in [0.5, 0.6) is 5.75 Å². The summed E-state index contributed by atoms with van der Waals surface area (Å²) in [5, 5.41) is 18.0. The molecule has 0 saturated carbocycles. The van der Waals surface area contributed by atoms with Crippen molar-refractivity contribution in [1.82, 2.24) is 25.5 Å². The van der Waals surface area contributed by atoms with E-state index >= 15 is 0 Å². The topological polar surface area (TPSA) is 94.0 Å². The van der Waals surface area contributed by atoms with Gasteiger partial charge in [-0.2, -0.15) is 4.80 Å². The van der Waals surface area contributed by atoms with Gasteiger partial charge in [-0.05, 0) is 45.0 Å². The fourth-order valence-electron chi connectivity index (χ4n) is 1.85. The van der Waals surface area contributed by atoms with E-state index in [0.29, 0.717) is 33.9 Å². The first-order chi connectivity index (χ1) is 11.7. The number of benzene rings is 1. The molecule has 1 heterocycles. The highest BCUT2D eigenvalue weighted by Gasteiger charge is 2.17. The number of nitrogens with zero attached hydrogens (tertiary/aromatic N) is 4. The van der Waals surface area contributed by atoms with Gasteiger partial charge in [-0.25, -0.2) is 4.79 Å². The van der Waals surface area contributed by atoms with Gasteiger partial charge in [0.05, 0.1) is 28.7 Å². The Hall–Kier alpha value is -2.06. The lowest BCUT2D eigenvalue weighted by Crippen LogP contribution is -2.29. The Balaban J connectivity index is 1.95. The maximum absolute atomic E-state index is 12.0. The minimum absolute atomic E-state index is 0.139. The van der Waals surface area contributed by atoms with Gasteiger partial charge in [-0.15, -0.1) is 10.2 Å². The molecular formula is C15H20Cl2N6O2. The molecule has 0 unspecified atom stereocenters. The van der Waals surface area contributed by atoms with Crippen LogP contribution in [0, 0.1) is 0 Å². The Morgan fingerprint density at radius 2 is 1.92 bits per heavy atom. The molecule has 1 aromatic heterocycles. The fraction of sp³-hybridized carbons (Fsp3) is 0.467. The third-order valence-electron chi connectivity index (χ3n) is 3.01. The molecule has 2 amide bonds. The normalized spacial score (nSPS) is 11.3. The van der Waals surface area contributed by atoms with Crippen molar-refractivity contribution in [2.24, 2.45) is 0 Å². The monoisotopic (exact) mass is 386 g/mol. The molecule has 1 aromatic carbocycles. The average molecular weight is 387 g/mol. The van der Waals surface area contributed by atoms with Crippen molar-refractivity contribution in [3.8, 4) is 5.75 Å². The molecule has 8 nitrogen and oxygen atoms in total. The molecule has 2 rings (SSSR count). The van der Waals surface area contributed by atoms with Gasteiger partial charge in [0.25, 0.3) is 0 Å². The summed E-state index contributed by atoms with van der Waals surface area (Å²) >= 11 is 12.2. The molecule has 0 aliphatic carbocycles. The van der Waals surface area contributed by atoms with E-state index in [0.717, 1.165) is 0 Å². The average Bonchev–Trinajstić information content (AvgIpc) is 2.98. The largest absolute Gasteiger partial charge is 0.491 e. The zero-order valence-electron chi connectivity index (χ0n) is 14.4. The van der Waals surface area contributed by atoms with Crippen LogP contribution in [0.15, 0.2) is 12.1 Å². The van der Waals surface area contributed by atoms with Gasteiger partial charge < -0.3 is 15.4 Å². The summed E-state index contributed by atoms with van der Waals surface area (Å²) in [7, 11) is 0. The molecule has 0 bridgehead atoms.